The Bertz CT molecular complexity index is 773. The van der Waals surface area contributed by atoms with Crippen LogP contribution < -0.4 is 16.2 Å². The summed E-state index contributed by atoms with van der Waals surface area (Å²) in [6.45, 7) is 0.369. The van der Waals surface area contributed by atoms with Crippen molar-refractivity contribution in [2.75, 3.05) is 5.32 Å². The Morgan fingerprint density at radius 3 is 2.67 bits per heavy atom. The maximum Gasteiger partial charge on any atom is 0.239 e. The Morgan fingerprint density at radius 2 is 2.14 bits per heavy atom. The monoisotopic (exact) mass is 345 g/mol. The number of primary sulfonamides is 1. The van der Waals surface area contributed by atoms with Crippen molar-refractivity contribution in [3.8, 4) is 0 Å². The van der Waals surface area contributed by atoms with Crippen LogP contribution >= 0.6 is 23.8 Å². The van der Waals surface area contributed by atoms with Gasteiger partial charge in [-0.2, -0.15) is 0 Å². The molecular formula is C12H12ClN3O3S2. The van der Waals surface area contributed by atoms with Gasteiger partial charge in [0.2, 0.25) is 10.0 Å². The van der Waals surface area contributed by atoms with E-state index in [9.17, 15) is 8.42 Å². The van der Waals surface area contributed by atoms with Crippen molar-refractivity contribution in [2.45, 2.75) is 11.4 Å². The molecule has 6 nitrogen and oxygen atoms in total. The number of rotatable bonds is 5. The van der Waals surface area contributed by atoms with Crippen LogP contribution in [0.15, 0.2) is 39.8 Å². The molecule has 0 aliphatic carbocycles. The van der Waals surface area contributed by atoms with E-state index < -0.39 is 10.0 Å². The van der Waals surface area contributed by atoms with Crippen molar-refractivity contribution < 1.29 is 12.8 Å². The number of sulfonamides is 1. The fourth-order valence-electron chi connectivity index (χ4n) is 1.72. The van der Waals surface area contributed by atoms with E-state index in [4.69, 9.17) is 39.1 Å². The maximum atomic E-state index is 11.5. The minimum absolute atomic E-state index is 0.0144. The molecule has 5 N–H and O–H groups in total. The van der Waals surface area contributed by atoms with E-state index in [2.05, 4.69) is 5.32 Å². The van der Waals surface area contributed by atoms with Gasteiger partial charge in [-0.15, -0.1) is 0 Å². The Kier molecular flexibility index (Phi) is 4.52. The highest BCUT2D eigenvalue weighted by Gasteiger charge is 2.18. The molecule has 0 radical (unpaired) electrons. The second kappa shape index (κ2) is 6.02. The van der Waals surface area contributed by atoms with Crippen LogP contribution in [0, 0.1) is 0 Å². The predicted octanol–water partition coefficient (Wildman–Crippen LogP) is 1.83. The summed E-state index contributed by atoms with van der Waals surface area (Å²) >= 11 is 10.9. The Balaban J connectivity index is 2.41. The molecule has 0 bridgehead atoms. The lowest BCUT2D eigenvalue weighted by Gasteiger charge is -2.13. The van der Waals surface area contributed by atoms with Crippen LogP contribution in [0.3, 0.4) is 0 Å². The van der Waals surface area contributed by atoms with Crippen molar-refractivity contribution in [3.63, 3.8) is 0 Å². The molecule has 0 saturated heterocycles. The van der Waals surface area contributed by atoms with Gasteiger partial charge in [0, 0.05) is 11.3 Å². The third-order valence-electron chi connectivity index (χ3n) is 2.68. The summed E-state index contributed by atoms with van der Waals surface area (Å²) in [5, 5.41) is 8.12. The van der Waals surface area contributed by atoms with E-state index in [1.807, 2.05) is 0 Å². The third-order valence-corrected chi connectivity index (χ3v) is 4.27. The lowest BCUT2D eigenvalue weighted by Crippen LogP contribution is -2.17. The van der Waals surface area contributed by atoms with Crippen molar-refractivity contribution in [1.82, 2.24) is 0 Å². The van der Waals surface area contributed by atoms with Gasteiger partial charge in [0.15, 0.2) is 0 Å². The number of benzene rings is 1. The average Bonchev–Trinajstić information content (AvgIpc) is 2.87. The summed E-state index contributed by atoms with van der Waals surface area (Å²) in [6.07, 6.45) is 1.54. The van der Waals surface area contributed by atoms with Gasteiger partial charge < -0.3 is 15.5 Å². The molecular weight excluding hydrogens is 334 g/mol. The molecule has 0 unspecified atom stereocenters. The molecule has 21 heavy (non-hydrogen) atoms. The molecule has 0 aliphatic rings. The van der Waals surface area contributed by atoms with E-state index in [1.54, 1.807) is 18.4 Å². The van der Waals surface area contributed by atoms with Gasteiger partial charge in [-0.05, 0) is 24.3 Å². The first-order chi connectivity index (χ1) is 9.79. The molecule has 0 atom stereocenters. The molecule has 0 saturated carbocycles. The van der Waals surface area contributed by atoms with E-state index in [-0.39, 0.29) is 14.9 Å². The molecule has 2 rings (SSSR count). The van der Waals surface area contributed by atoms with Crippen LogP contribution in [0.1, 0.15) is 11.3 Å². The lowest BCUT2D eigenvalue weighted by molar-refractivity contribution is 0.518. The molecule has 1 heterocycles. The minimum atomic E-state index is -3.96. The fourth-order valence-corrected chi connectivity index (χ4v) is 2.99. The average molecular weight is 346 g/mol. The summed E-state index contributed by atoms with van der Waals surface area (Å²) in [5.74, 6) is 0.690. The third kappa shape index (κ3) is 3.73. The van der Waals surface area contributed by atoms with Crippen LogP contribution in [-0.2, 0) is 16.6 Å². The fraction of sp³-hybridized carbons (Fsp3) is 0.0833. The van der Waals surface area contributed by atoms with Crippen molar-refractivity contribution >= 4 is 44.5 Å². The van der Waals surface area contributed by atoms with Crippen LogP contribution in [0.4, 0.5) is 5.69 Å². The number of anilines is 1. The molecule has 1 aromatic heterocycles. The molecule has 112 valence electrons. The van der Waals surface area contributed by atoms with Crippen molar-refractivity contribution in [3.05, 3.63) is 46.9 Å². The Morgan fingerprint density at radius 1 is 1.43 bits per heavy atom. The Hall–Kier alpha value is -1.61. The van der Waals surface area contributed by atoms with Gasteiger partial charge in [-0.3, -0.25) is 0 Å². The summed E-state index contributed by atoms with van der Waals surface area (Å²) < 4.78 is 28.1. The normalized spacial score (nSPS) is 11.3. The first-order valence-corrected chi connectivity index (χ1v) is 8.04. The van der Waals surface area contributed by atoms with Crippen LogP contribution in [0.25, 0.3) is 0 Å². The maximum absolute atomic E-state index is 11.5. The van der Waals surface area contributed by atoms with Crippen molar-refractivity contribution in [2.24, 2.45) is 10.9 Å². The van der Waals surface area contributed by atoms with Crippen LogP contribution in [0.2, 0.25) is 5.02 Å². The second-order valence-corrected chi connectivity index (χ2v) is 6.55. The van der Waals surface area contributed by atoms with Crippen LogP contribution in [-0.4, -0.2) is 13.4 Å². The largest absolute Gasteiger partial charge is 0.467 e. The Labute approximate surface area is 132 Å². The second-order valence-electron chi connectivity index (χ2n) is 4.17. The molecule has 1 aromatic carbocycles. The lowest BCUT2D eigenvalue weighted by atomic mass is 10.1. The number of thiocarbonyl (C=S) groups is 1. The van der Waals surface area contributed by atoms with Crippen LogP contribution in [0.5, 0.6) is 0 Å². The highest BCUT2D eigenvalue weighted by Crippen LogP contribution is 2.28. The first kappa shape index (κ1) is 15.8. The number of hydrogen-bond acceptors (Lipinski definition) is 5. The van der Waals surface area contributed by atoms with Gasteiger partial charge in [0.05, 0.1) is 17.8 Å². The minimum Gasteiger partial charge on any atom is -0.467 e. The zero-order chi connectivity index (χ0) is 15.6. The topological polar surface area (TPSA) is 111 Å². The number of furan rings is 1. The predicted molar refractivity (Wildman–Crippen MR) is 84.7 cm³/mol. The van der Waals surface area contributed by atoms with Gasteiger partial charge in [-0.25, -0.2) is 13.6 Å². The molecule has 0 fully saturated rings. The van der Waals surface area contributed by atoms with Crippen molar-refractivity contribution in [1.29, 1.82) is 0 Å². The number of nitrogens with one attached hydrogen (secondary N) is 1. The molecule has 2 aromatic rings. The van der Waals surface area contributed by atoms with E-state index in [0.717, 1.165) is 0 Å². The van der Waals surface area contributed by atoms with E-state index in [1.165, 1.54) is 12.1 Å². The molecule has 0 amide bonds. The van der Waals surface area contributed by atoms with E-state index in [0.29, 0.717) is 23.6 Å². The standard InChI is InChI=1S/C12H12ClN3O3S2/c13-9-5-10(16-6-7-2-1-3-19-7)8(12(14)20)4-11(9)21(15,17)18/h1-5,16H,6H2,(H2,14,20)(H2,15,17,18). The quantitative estimate of drug-likeness (QED) is 0.713. The summed E-state index contributed by atoms with van der Waals surface area (Å²) in [5.41, 5.74) is 6.45. The van der Waals surface area contributed by atoms with Gasteiger partial charge in [-0.1, -0.05) is 23.8 Å². The van der Waals surface area contributed by atoms with Gasteiger partial charge in [0.1, 0.15) is 15.6 Å². The van der Waals surface area contributed by atoms with E-state index >= 15 is 0 Å². The summed E-state index contributed by atoms with van der Waals surface area (Å²) in [6, 6.07) is 6.21. The molecule has 9 heteroatoms. The summed E-state index contributed by atoms with van der Waals surface area (Å²) in [4.78, 5) is -0.200. The zero-order valence-corrected chi connectivity index (χ0v) is 13.1. The molecule has 0 aliphatic heterocycles. The highest BCUT2D eigenvalue weighted by molar-refractivity contribution is 7.89. The van der Waals surface area contributed by atoms with Gasteiger partial charge in [0.25, 0.3) is 0 Å². The summed E-state index contributed by atoms with van der Waals surface area (Å²) in [7, 11) is -3.96. The number of halogens is 1. The van der Waals surface area contributed by atoms with Gasteiger partial charge >= 0.3 is 0 Å². The highest BCUT2D eigenvalue weighted by atomic mass is 35.5. The zero-order valence-electron chi connectivity index (χ0n) is 10.7. The SMILES string of the molecule is NC(=S)c1cc(S(N)(=O)=O)c(Cl)cc1NCc1ccco1. The number of hydrogen-bond donors (Lipinski definition) is 3. The smallest absolute Gasteiger partial charge is 0.239 e. The number of nitrogens with two attached hydrogens (primary N) is 2. The first-order valence-electron chi connectivity index (χ1n) is 5.71. The molecule has 0 spiro atoms.